The summed E-state index contributed by atoms with van der Waals surface area (Å²) in [5, 5.41) is 3.01. The fraction of sp³-hybridized carbons (Fsp3) is 0.111. The fourth-order valence-corrected chi connectivity index (χ4v) is 4.40. The number of carbonyl (C=O) groups excluding carboxylic acids is 2. The topological polar surface area (TPSA) is 63.2 Å². The number of carbonyl (C=O) groups is 2. The molecule has 128 valence electrons. The zero-order chi connectivity index (χ0) is 17.8. The monoisotopic (exact) mass is 389 g/mol. The first kappa shape index (κ1) is 17.8. The van der Waals surface area contributed by atoms with E-state index in [4.69, 9.17) is 0 Å². The SMILES string of the molecule is CC(=O)SCC(=O)c1cccc(S(=O)Nc2ccc3sccc3c2)c1. The van der Waals surface area contributed by atoms with E-state index in [0.29, 0.717) is 10.5 Å². The molecule has 0 saturated heterocycles. The first-order valence-electron chi connectivity index (χ1n) is 7.45. The van der Waals surface area contributed by atoms with Crippen LogP contribution in [0.15, 0.2) is 58.8 Å². The number of ketones is 1. The molecule has 1 N–H and O–H groups in total. The van der Waals surface area contributed by atoms with Crippen LogP contribution in [0.1, 0.15) is 17.3 Å². The van der Waals surface area contributed by atoms with E-state index >= 15 is 0 Å². The van der Waals surface area contributed by atoms with E-state index < -0.39 is 11.0 Å². The number of hydrogen-bond donors (Lipinski definition) is 1. The molecule has 2 aromatic carbocycles. The molecule has 0 amide bonds. The van der Waals surface area contributed by atoms with Gasteiger partial charge >= 0.3 is 0 Å². The van der Waals surface area contributed by atoms with E-state index in [-0.39, 0.29) is 16.7 Å². The summed E-state index contributed by atoms with van der Waals surface area (Å²) in [7, 11) is -1.48. The van der Waals surface area contributed by atoms with Crippen molar-refractivity contribution in [1.82, 2.24) is 0 Å². The Morgan fingerprint density at radius 1 is 1.16 bits per heavy atom. The second-order valence-corrected chi connectivity index (χ2v) is 8.59. The van der Waals surface area contributed by atoms with Gasteiger partial charge in [-0.25, -0.2) is 4.21 Å². The molecule has 0 aliphatic rings. The van der Waals surface area contributed by atoms with Gasteiger partial charge in [-0.05, 0) is 47.2 Å². The Morgan fingerprint density at radius 3 is 2.80 bits per heavy atom. The molecule has 0 saturated carbocycles. The van der Waals surface area contributed by atoms with Crippen molar-refractivity contribution in [2.45, 2.75) is 11.8 Å². The number of anilines is 1. The zero-order valence-electron chi connectivity index (χ0n) is 13.4. The molecule has 1 atom stereocenters. The highest BCUT2D eigenvalue weighted by atomic mass is 32.2. The number of nitrogens with one attached hydrogen (secondary N) is 1. The van der Waals surface area contributed by atoms with E-state index in [1.807, 2.05) is 29.6 Å². The molecule has 0 radical (unpaired) electrons. The van der Waals surface area contributed by atoms with Crippen molar-refractivity contribution in [2.75, 3.05) is 10.5 Å². The van der Waals surface area contributed by atoms with Crippen LogP contribution in [0.4, 0.5) is 5.69 Å². The number of thiophene rings is 1. The highest BCUT2D eigenvalue weighted by Crippen LogP contribution is 2.25. The molecule has 1 unspecified atom stereocenters. The lowest BCUT2D eigenvalue weighted by Gasteiger charge is -2.08. The Bertz CT molecular complexity index is 965. The van der Waals surface area contributed by atoms with Crippen LogP contribution >= 0.6 is 23.1 Å². The van der Waals surface area contributed by atoms with Crippen LogP contribution in [0.25, 0.3) is 10.1 Å². The van der Waals surface area contributed by atoms with Crippen LogP contribution in [-0.4, -0.2) is 20.9 Å². The Morgan fingerprint density at radius 2 is 2.00 bits per heavy atom. The lowest BCUT2D eigenvalue weighted by molar-refractivity contribution is -0.109. The molecule has 4 nitrogen and oxygen atoms in total. The van der Waals surface area contributed by atoms with Gasteiger partial charge in [0.1, 0.15) is 11.0 Å². The molecule has 25 heavy (non-hydrogen) atoms. The van der Waals surface area contributed by atoms with Crippen LogP contribution in [0, 0.1) is 0 Å². The molecule has 3 rings (SSSR count). The minimum atomic E-state index is -1.48. The second kappa shape index (κ2) is 7.95. The molecule has 0 fully saturated rings. The number of thioether (sulfide) groups is 1. The number of benzene rings is 2. The predicted octanol–water partition coefficient (Wildman–Crippen LogP) is 4.50. The normalized spacial score (nSPS) is 12.0. The third-order valence-corrected chi connectivity index (χ3v) is 6.25. The average Bonchev–Trinajstić information content (AvgIpc) is 3.07. The summed E-state index contributed by atoms with van der Waals surface area (Å²) in [6.07, 6.45) is 0. The first-order valence-corrected chi connectivity index (χ1v) is 10.5. The van der Waals surface area contributed by atoms with Gasteiger partial charge in [0.05, 0.1) is 10.6 Å². The van der Waals surface area contributed by atoms with Crippen molar-refractivity contribution >= 4 is 60.8 Å². The molecule has 7 heteroatoms. The molecule has 0 bridgehead atoms. The van der Waals surface area contributed by atoms with Gasteiger partial charge in [0.15, 0.2) is 10.9 Å². The second-order valence-electron chi connectivity index (χ2n) is 5.28. The number of Topliss-reactive ketones (excluding diaryl/α,β-unsaturated/α-hetero) is 1. The smallest absolute Gasteiger partial charge is 0.186 e. The number of fused-ring (bicyclic) bond motifs is 1. The molecule has 0 aliphatic carbocycles. The summed E-state index contributed by atoms with van der Waals surface area (Å²) in [6, 6.07) is 14.5. The van der Waals surface area contributed by atoms with Gasteiger partial charge in [-0.15, -0.1) is 11.3 Å². The van der Waals surface area contributed by atoms with E-state index in [9.17, 15) is 13.8 Å². The maximum atomic E-state index is 12.6. The highest BCUT2D eigenvalue weighted by molar-refractivity contribution is 8.14. The number of hydrogen-bond acceptors (Lipinski definition) is 5. The van der Waals surface area contributed by atoms with Crippen LogP contribution in [0.2, 0.25) is 0 Å². The maximum Gasteiger partial charge on any atom is 0.186 e. The van der Waals surface area contributed by atoms with E-state index in [1.54, 1.807) is 35.6 Å². The van der Waals surface area contributed by atoms with Gasteiger partial charge in [-0.3, -0.25) is 9.59 Å². The Kier molecular flexibility index (Phi) is 5.67. The Hall–Kier alpha value is -1.96. The first-order chi connectivity index (χ1) is 12.0. The predicted molar refractivity (Wildman–Crippen MR) is 106 cm³/mol. The lowest BCUT2D eigenvalue weighted by atomic mass is 10.1. The molecule has 0 aliphatic heterocycles. The van der Waals surface area contributed by atoms with Gasteiger partial charge in [-0.2, -0.15) is 0 Å². The van der Waals surface area contributed by atoms with Gasteiger partial charge in [0, 0.05) is 22.9 Å². The summed E-state index contributed by atoms with van der Waals surface area (Å²) in [4.78, 5) is 23.6. The summed E-state index contributed by atoms with van der Waals surface area (Å²) in [5.74, 6) is -0.0630. The van der Waals surface area contributed by atoms with Crippen molar-refractivity contribution in [1.29, 1.82) is 0 Å². The van der Waals surface area contributed by atoms with E-state index in [0.717, 1.165) is 22.8 Å². The van der Waals surface area contributed by atoms with Crippen molar-refractivity contribution in [3.05, 3.63) is 59.5 Å². The average molecular weight is 390 g/mol. The molecular weight excluding hydrogens is 374 g/mol. The van der Waals surface area contributed by atoms with Gasteiger partial charge in [0.25, 0.3) is 0 Å². The maximum absolute atomic E-state index is 12.6. The van der Waals surface area contributed by atoms with Crippen molar-refractivity contribution in [2.24, 2.45) is 0 Å². The summed E-state index contributed by atoms with van der Waals surface area (Å²) < 4.78 is 16.7. The van der Waals surface area contributed by atoms with Crippen molar-refractivity contribution < 1.29 is 13.8 Å². The minimum absolute atomic E-state index is 0.0909. The van der Waals surface area contributed by atoms with Crippen LogP contribution < -0.4 is 4.72 Å². The van der Waals surface area contributed by atoms with Crippen LogP contribution in [0.3, 0.4) is 0 Å². The van der Waals surface area contributed by atoms with E-state index in [2.05, 4.69) is 4.72 Å². The summed E-state index contributed by atoms with van der Waals surface area (Å²) in [5.41, 5.74) is 1.21. The lowest BCUT2D eigenvalue weighted by Crippen LogP contribution is -2.08. The largest absolute Gasteiger partial charge is 0.301 e. The van der Waals surface area contributed by atoms with Gasteiger partial charge < -0.3 is 4.72 Å². The van der Waals surface area contributed by atoms with Gasteiger partial charge in [0.2, 0.25) is 0 Å². The third kappa shape index (κ3) is 4.56. The Balaban J connectivity index is 1.74. The molecule has 1 aromatic heterocycles. The summed E-state index contributed by atoms with van der Waals surface area (Å²) >= 11 is 2.63. The standard InChI is InChI=1S/C18H15NO3S3/c1-12(20)24-11-17(21)13-3-2-4-16(10-13)25(22)19-15-5-6-18-14(9-15)7-8-23-18/h2-10,19H,11H2,1H3. The minimum Gasteiger partial charge on any atom is -0.301 e. The fourth-order valence-electron chi connectivity index (χ4n) is 2.23. The molecule has 3 aromatic rings. The zero-order valence-corrected chi connectivity index (χ0v) is 15.8. The molecular formula is C18H15NO3S3. The van der Waals surface area contributed by atoms with Crippen molar-refractivity contribution in [3.63, 3.8) is 0 Å². The molecule has 1 heterocycles. The third-order valence-electron chi connectivity index (χ3n) is 3.44. The quantitative estimate of drug-likeness (QED) is 0.631. The van der Waals surface area contributed by atoms with Crippen molar-refractivity contribution in [3.8, 4) is 0 Å². The van der Waals surface area contributed by atoms with Gasteiger partial charge in [-0.1, -0.05) is 23.9 Å². The number of rotatable bonds is 6. The van der Waals surface area contributed by atoms with Crippen LogP contribution in [0.5, 0.6) is 0 Å². The van der Waals surface area contributed by atoms with E-state index in [1.165, 1.54) is 11.6 Å². The summed E-state index contributed by atoms with van der Waals surface area (Å²) in [6.45, 7) is 1.43. The Labute approximate surface area is 156 Å². The molecule has 0 spiro atoms. The van der Waals surface area contributed by atoms with Crippen LogP contribution in [-0.2, 0) is 15.8 Å². The highest BCUT2D eigenvalue weighted by Gasteiger charge is 2.11.